The van der Waals surface area contributed by atoms with Crippen molar-refractivity contribution in [2.45, 2.75) is 12.3 Å². The number of hydrogen-bond donors (Lipinski definition) is 0. The second-order valence-electron chi connectivity index (χ2n) is 6.29. The van der Waals surface area contributed by atoms with Crippen LogP contribution in [0.1, 0.15) is 23.7 Å². The molecule has 0 radical (unpaired) electrons. The van der Waals surface area contributed by atoms with Crippen molar-refractivity contribution >= 4 is 11.7 Å². The molecule has 1 amide bonds. The molecular weight excluding hydrogens is 304 g/mol. The van der Waals surface area contributed by atoms with Crippen molar-refractivity contribution < 1.29 is 9.21 Å². The summed E-state index contributed by atoms with van der Waals surface area (Å²) < 4.78 is 5.41. The van der Waals surface area contributed by atoms with Crippen LogP contribution in [-0.2, 0) is 4.79 Å². The topological polar surface area (TPSA) is 73.4 Å². The number of rotatable bonds is 3. The van der Waals surface area contributed by atoms with Gasteiger partial charge >= 0.3 is 0 Å². The number of piperazine rings is 1. The van der Waals surface area contributed by atoms with Crippen LogP contribution in [0.4, 0.5) is 5.82 Å². The molecule has 1 saturated heterocycles. The van der Waals surface area contributed by atoms with Gasteiger partial charge in [0.05, 0.1) is 11.8 Å². The fourth-order valence-corrected chi connectivity index (χ4v) is 3.31. The third-order valence-electron chi connectivity index (χ3n) is 4.81. The number of nitrogens with zero attached hydrogens (tertiary/aromatic N) is 4. The molecule has 2 aliphatic rings. The van der Waals surface area contributed by atoms with Crippen molar-refractivity contribution in [3.63, 3.8) is 0 Å². The Morgan fingerprint density at radius 3 is 2.71 bits per heavy atom. The summed E-state index contributed by atoms with van der Waals surface area (Å²) in [6.07, 6.45) is 4.15. The summed E-state index contributed by atoms with van der Waals surface area (Å²) in [7, 11) is 0. The van der Waals surface area contributed by atoms with Gasteiger partial charge in [0.15, 0.2) is 0 Å². The van der Waals surface area contributed by atoms with Gasteiger partial charge in [0, 0.05) is 44.2 Å². The number of aromatic nitrogens is 1. The molecule has 0 spiro atoms. The Bertz CT molecular complexity index is 755. The lowest BCUT2D eigenvalue weighted by molar-refractivity contribution is -0.133. The largest absolute Gasteiger partial charge is 0.469 e. The number of anilines is 1. The van der Waals surface area contributed by atoms with Gasteiger partial charge in [0.2, 0.25) is 5.91 Å². The molecule has 122 valence electrons. The van der Waals surface area contributed by atoms with Gasteiger partial charge in [-0.3, -0.25) is 4.79 Å². The van der Waals surface area contributed by atoms with Gasteiger partial charge in [-0.05, 0) is 30.7 Å². The van der Waals surface area contributed by atoms with E-state index in [4.69, 9.17) is 9.68 Å². The molecule has 0 aromatic carbocycles. The molecule has 6 nitrogen and oxygen atoms in total. The zero-order valence-electron chi connectivity index (χ0n) is 13.3. The molecule has 1 aliphatic carbocycles. The molecule has 0 bridgehead atoms. The molecule has 0 N–H and O–H groups in total. The zero-order valence-corrected chi connectivity index (χ0v) is 13.3. The summed E-state index contributed by atoms with van der Waals surface area (Å²) in [6, 6.07) is 9.54. The van der Waals surface area contributed by atoms with Crippen LogP contribution >= 0.6 is 0 Å². The van der Waals surface area contributed by atoms with Crippen molar-refractivity contribution in [2.24, 2.45) is 5.92 Å². The van der Waals surface area contributed by atoms with Gasteiger partial charge in [0.1, 0.15) is 17.6 Å². The standard InChI is InChI=1S/C18H18N4O2/c19-11-13-3-4-17(20-12-13)21-5-7-22(8-6-21)18(23)15-10-14(15)16-2-1-9-24-16/h1-4,9,12,14-15H,5-8,10H2/t14-,15-/m0/s1. The highest BCUT2D eigenvalue weighted by Gasteiger charge is 2.47. The second-order valence-corrected chi connectivity index (χ2v) is 6.29. The van der Waals surface area contributed by atoms with E-state index in [0.29, 0.717) is 18.7 Å². The van der Waals surface area contributed by atoms with Crippen molar-refractivity contribution in [2.75, 3.05) is 31.1 Å². The first-order valence-electron chi connectivity index (χ1n) is 8.19. The van der Waals surface area contributed by atoms with E-state index in [0.717, 1.165) is 31.1 Å². The summed E-state index contributed by atoms with van der Waals surface area (Å²) in [5, 5.41) is 8.83. The average Bonchev–Trinajstić information content (AvgIpc) is 3.26. The molecular formula is C18H18N4O2. The smallest absolute Gasteiger partial charge is 0.226 e. The maximum absolute atomic E-state index is 12.6. The summed E-state index contributed by atoms with van der Waals surface area (Å²) in [5.74, 6) is 2.36. The normalized spacial score (nSPS) is 23.0. The van der Waals surface area contributed by atoms with E-state index in [2.05, 4.69) is 16.0 Å². The molecule has 24 heavy (non-hydrogen) atoms. The first kappa shape index (κ1) is 14.8. The van der Waals surface area contributed by atoms with E-state index in [9.17, 15) is 4.79 Å². The summed E-state index contributed by atoms with van der Waals surface area (Å²) in [6.45, 7) is 2.95. The molecule has 2 aromatic rings. The Morgan fingerprint density at radius 1 is 1.25 bits per heavy atom. The lowest BCUT2D eigenvalue weighted by Crippen LogP contribution is -2.49. The molecule has 3 heterocycles. The van der Waals surface area contributed by atoms with Crippen LogP contribution in [0.25, 0.3) is 0 Å². The third-order valence-corrected chi connectivity index (χ3v) is 4.81. The quantitative estimate of drug-likeness (QED) is 0.864. The van der Waals surface area contributed by atoms with Crippen molar-refractivity contribution in [3.8, 4) is 6.07 Å². The van der Waals surface area contributed by atoms with E-state index in [1.54, 1.807) is 18.5 Å². The summed E-state index contributed by atoms with van der Waals surface area (Å²) in [5.41, 5.74) is 0.560. The van der Waals surface area contributed by atoms with Gasteiger partial charge in [-0.15, -0.1) is 0 Å². The fraction of sp³-hybridized carbons (Fsp3) is 0.389. The molecule has 1 saturated carbocycles. The summed E-state index contributed by atoms with van der Waals surface area (Å²) in [4.78, 5) is 21.0. The monoisotopic (exact) mass is 322 g/mol. The zero-order chi connectivity index (χ0) is 16.5. The number of carbonyl (C=O) groups is 1. The highest BCUT2D eigenvalue weighted by atomic mass is 16.3. The second kappa shape index (κ2) is 6.00. The predicted molar refractivity (Wildman–Crippen MR) is 87.3 cm³/mol. The minimum atomic E-state index is 0.0794. The number of furan rings is 1. The molecule has 2 atom stereocenters. The van der Waals surface area contributed by atoms with E-state index >= 15 is 0 Å². The van der Waals surface area contributed by atoms with Crippen molar-refractivity contribution in [1.29, 1.82) is 5.26 Å². The van der Waals surface area contributed by atoms with Crippen LogP contribution in [0, 0.1) is 17.2 Å². The number of pyridine rings is 1. The Hall–Kier alpha value is -2.81. The molecule has 1 aliphatic heterocycles. The maximum atomic E-state index is 12.6. The van der Waals surface area contributed by atoms with E-state index in [1.807, 2.05) is 23.1 Å². The van der Waals surface area contributed by atoms with Crippen LogP contribution in [0.3, 0.4) is 0 Å². The third kappa shape index (κ3) is 2.73. The minimum absolute atomic E-state index is 0.0794. The highest BCUT2D eigenvalue weighted by Crippen LogP contribution is 2.48. The van der Waals surface area contributed by atoms with Crippen molar-refractivity contribution in [1.82, 2.24) is 9.88 Å². The lowest BCUT2D eigenvalue weighted by Gasteiger charge is -2.35. The highest BCUT2D eigenvalue weighted by molar-refractivity contribution is 5.83. The van der Waals surface area contributed by atoms with Crippen LogP contribution in [0.15, 0.2) is 41.1 Å². The molecule has 6 heteroatoms. The maximum Gasteiger partial charge on any atom is 0.226 e. The van der Waals surface area contributed by atoms with E-state index in [1.165, 1.54) is 0 Å². The molecule has 4 rings (SSSR count). The Labute approximate surface area is 140 Å². The molecule has 2 fully saturated rings. The number of amides is 1. The van der Waals surface area contributed by atoms with E-state index in [-0.39, 0.29) is 17.7 Å². The van der Waals surface area contributed by atoms with Gasteiger partial charge < -0.3 is 14.2 Å². The first-order chi connectivity index (χ1) is 11.8. The van der Waals surface area contributed by atoms with Gasteiger partial charge in [-0.1, -0.05) is 0 Å². The first-order valence-corrected chi connectivity index (χ1v) is 8.19. The number of hydrogen-bond acceptors (Lipinski definition) is 5. The summed E-state index contributed by atoms with van der Waals surface area (Å²) >= 11 is 0. The molecule has 0 unspecified atom stereocenters. The average molecular weight is 322 g/mol. The SMILES string of the molecule is N#Cc1ccc(N2CCN(C(=O)[C@H]3C[C@@H]3c3ccco3)CC2)nc1. The van der Waals surface area contributed by atoms with Crippen molar-refractivity contribution in [3.05, 3.63) is 48.0 Å². The van der Waals surface area contributed by atoms with Gasteiger partial charge in [-0.25, -0.2) is 4.98 Å². The van der Waals surface area contributed by atoms with Gasteiger partial charge in [0.25, 0.3) is 0 Å². The Morgan fingerprint density at radius 2 is 2.08 bits per heavy atom. The van der Waals surface area contributed by atoms with E-state index < -0.39 is 0 Å². The van der Waals surface area contributed by atoms with Crippen LogP contribution < -0.4 is 4.90 Å². The van der Waals surface area contributed by atoms with Crippen LogP contribution in [0.5, 0.6) is 0 Å². The minimum Gasteiger partial charge on any atom is -0.469 e. The molecule has 2 aromatic heterocycles. The number of nitriles is 1. The van der Waals surface area contributed by atoms with Crippen LogP contribution in [-0.4, -0.2) is 42.0 Å². The van der Waals surface area contributed by atoms with Gasteiger partial charge in [-0.2, -0.15) is 5.26 Å². The number of carbonyl (C=O) groups excluding carboxylic acids is 1. The Balaban J connectivity index is 1.33. The Kier molecular flexibility index (Phi) is 3.69. The lowest BCUT2D eigenvalue weighted by atomic mass is 10.2. The fourth-order valence-electron chi connectivity index (χ4n) is 3.31. The van der Waals surface area contributed by atoms with Crippen LogP contribution in [0.2, 0.25) is 0 Å². The predicted octanol–water partition coefficient (Wildman–Crippen LogP) is 2.00.